The molecule has 1 unspecified atom stereocenters. The Morgan fingerprint density at radius 2 is 2.07 bits per heavy atom. The molecule has 150 valence electrons. The zero-order valence-electron chi connectivity index (χ0n) is 14.8. The normalized spacial score (nSPS) is 12.8. The number of hydrogen-bond acceptors (Lipinski definition) is 5. The molecule has 0 spiro atoms. The predicted octanol–water partition coefficient (Wildman–Crippen LogP) is 4.63. The van der Waals surface area contributed by atoms with Crippen LogP contribution in [0.1, 0.15) is 30.2 Å². The van der Waals surface area contributed by atoms with Gasteiger partial charge < -0.3 is 14.6 Å². The molecule has 2 rings (SSSR count). The number of aromatic nitrogens is 1. The Labute approximate surface area is 163 Å². The van der Waals surface area contributed by atoms with Gasteiger partial charge in [0.25, 0.3) is 5.91 Å². The minimum atomic E-state index is -4.62. The number of alkyl halides is 3. The third kappa shape index (κ3) is 5.85. The van der Waals surface area contributed by atoms with Gasteiger partial charge in [0, 0.05) is 12.1 Å². The molecule has 1 aromatic heterocycles. The first-order chi connectivity index (χ1) is 13.1. The van der Waals surface area contributed by atoms with Crippen LogP contribution in [0, 0.1) is 6.92 Å². The number of carbonyl (C=O) groups is 2. The smallest absolute Gasteiger partial charge is 0.417 e. The average molecular weight is 417 g/mol. The van der Waals surface area contributed by atoms with E-state index in [4.69, 9.17) is 20.9 Å². The SMILES string of the molecule is CCC(OC(=O)C=Cc1ccc(Cl)c(C(F)(F)F)c1)C(=O)Nc1cc(C)on1. The number of halogens is 4. The van der Waals surface area contributed by atoms with Crippen molar-refractivity contribution >= 4 is 35.4 Å². The second kappa shape index (κ2) is 8.92. The van der Waals surface area contributed by atoms with Gasteiger partial charge in [0.2, 0.25) is 0 Å². The summed E-state index contributed by atoms with van der Waals surface area (Å²) in [5.41, 5.74) is -0.914. The van der Waals surface area contributed by atoms with Gasteiger partial charge in [-0.25, -0.2) is 4.79 Å². The highest BCUT2D eigenvalue weighted by atomic mass is 35.5. The molecular weight excluding hydrogens is 401 g/mol. The number of aryl methyl sites for hydroxylation is 1. The summed E-state index contributed by atoms with van der Waals surface area (Å²) < 4.78 is 48.4. The molecule has 1 atom stereocenters. The highest BCUT2D eigenvalue weighted by Crippen LogP contribution is 2.35. The van der Waals surface area contributed by atoms with Crippen molar-refractivity contribution in [2.45, 2.75) is 32.5 Å². The largest absolute Gasteiger partial charge is 0.449 e. The fraction of sp³-hybridized carbons (Fsp3) is 0.278. The second-order valence-electron chi connectivity index (χ2n) is 5.72. The topological polar surface area (TPSA) is 81.4 Å². The molecule has 0 aliphatic carbocycles. The first kappa shape index (κ1) is 21.5. The number of carbonyl (C=O) groups excluding carboxylic acids is 2. The van der Waals surface area contributed by atoms with E-state index >= 15 is 0 Å². The fourth-order valence-electron chi connectivity index (χ4n) is 2.16. The van der Waals surface area contributed by atoms with Gasteiger partial charge in [-0.1, -0.05) is 29.7 Å². The monoisotopic (exact) mass is 416 g/mol. The molecule has 1 heterocycles. The van der Waals surface area contributed by atoms with Crippen LogP contribution in [0.5, 0.6) is 0 Å². The Kier molecular flexibility index (Phi) is 6.85. The van der Waals surface area contributed by atoms with Crippen LogP contribution in [0.3, 0.4) is 0 Å². The van der Waals surface area contributed by atoms with Crippen LogP contribution in [0.25, 0.3) is 6.08 Å². The van der Waals surface area contributed by atoms with E-state index in [0.717, 1.165) is 24.3 Å². The van der Waals surface area contributed by atoms with Gasteiger partial charge in [-0.3, -0.25) is 4.79 Å². The summed E-state index contributed by atoms with van der Waals surface area (Å²) in [5.74, 6) is -0.830. The summed E-state index contributed by atoms with van der Waals surface area (Å²) in [6.07, 6.45) is -3.47. The molecular formula is C18H16ClF3N2O4. The lowest BCUT2D eigenvalue weighted by Crippen LogP contribution is -2.31. The standard InChI is InChI=1S/C18H16ClF3N2O4/c1-3-14(17(26)23-15-8-10(2)28-24-15)27-16(25)7-5-11-4-6-13(19)12(9-11)18(20,21)22/h4-9,14H,3H2,1-2H3,(H,23,24,26). The third-order valence-electron chi connectivity index (χ3n) is 3.51. The maximum atomic E-state index is 12.9. The second-order valence-corrected chi connectivity index (χ2v) is 6.12. The Balaban J connectivity index is 2.02. The number of rotatable bonds is 6. The van der Waals surface area contributed by atoms with Gasteiger partial charge in [0.15, 0.2) is 11.9 Å². The van der Waals surface area contributed by atoms with Crippen molar-refractivity contribution in [3.8, 4) is 0 Å². The van der Waals surface area contributed by atoms with Crippen molar-refractivity contribution in [3.63, 3.8) is 0 Å². The summed E-state index contributed by atoms with van der Waals surface area (Å²) in [6.45, 7) is 3.27. The molecule has 0 saturated heterocycles. The fourth-order valence-corrected chi connectivity index (χ4v) is 2.39. The van der Waals surface area contributed by atoms with E-state index in [1.807, 2.05) is 0 Å². The molecule has 0 aliphatic rings. The van der Waals surface area contributed by atoms with Gasteiger partial charge in [-0.2, -0.15) is 13.2 Å². The maximum Gasteiger partial charge on any atom is 0.417 e. The Bertz CT molecular complexity index is 893. The summed E-state index contributed by atoms with van der Waals surface area (Å²) in [5, 5.41) is 5.59. The number of hydrogen-bond donors (Lipinski definition) is 1. The molecule has 6 nitrogen and oxygen atoms in total. The van der Waals surface area contributed by atoms with Crippen LogP contribution in [0.15, 0.2) is 34.9 Å². The van der Waals surface area contributed by atoms with E-state index in [9.17, 15) is 22.8 Å². The number of anilines is 1. The number of benzene rings is 1. The maximum absolute atomic E-state index is 12.9. The summed E-state index contributed by atoms with van der Waals surface area (Å²) in [7, 11) is 0. The van der Waals surface area contributed by atoms with Crippen molar-refractivity contribution in [2.75, 3.05) is 5.32 Å². The Morgan fingerprint density at radius 3 is 2.64 bits per heavy atom. The van der Waals surface area contributed by atoms with E-state index in [-0.39, 0.29) is 17.8 Å². The summed E-state index contributed by atoms with van der Waals surface area (Å²) in [6, 6.07) is 4.70. The molecule has 10 heteroatoms. The number of nitrogens with one attached hydrogen (secondary N) is 1. The number of ether oxygens (including phenoxy) is 1. The average Bonchev–Trinajstić information content (AvgIpc) is 3.02. The van der Waals surface area contributed by atoms with Crippen molar-refractivity contribution in [3.05, 3.63) is 52.3 Å². The first-order valence-corrected chi connectivity index (χ1v) is 8.47. The van der Waals surface area contributed by atoms with E-state index in [0.29, 0.717) is 5.76 Å². The Hall–Kier alpha value is -2.81. The van der Waals surface area contributed by atoms with Gasteiger partial charge in [-0.05, 0) is 37.1 Å². The van der Waals surface area contributed by atoms with E-state index in [1.54, 1.807) is 13.8 Å². The van der Waals surface area contributed by atoms with Crippen molar-refractivity contribution < 1.29 is 32.0 Å². The summed E-state index contributed by atoms with van der Waals surface area (Å²) >= 11 is 5.54. The zero-order chi connectivity index (χ0) is 20.9. The number of esters is 1. The molecule has 0 saturated carbocycles. The lowest BCUT2D eigenvalue weighted by Gasteiger charge is -2.13. The minimum Gasteiger partial charge on any atom is -0.449 e. The summed E-state index contributed by atoms with van der Waals surface area (Å²) in [4.78, 5) is 24.0. The molecule has 0 bridgehead atoms. The van der Waals surface area contributed by atoms with Gasteiger partial charge in [0.05, 0.1) is 10.6 Å². The van der Waals surface area contributed by atoms with Gasteiger partial charge in [-0.15, -0.1) is 0 Å². The zero-order valence-corrected chi connectivity index (χ0v) is 15.6. The molecule has 0 fully saturated rings. The molecule has 0 radical (unpaired) electrons. The predicted molar refractivity (Wildman–Crippen MR) is 95.5 cm³/mol. The minimum absolute atomic E-state index is 0.101. The highest BCUT2D eigenvalue weighted by molar-refractivity contribution is 6.31. The lowest BCUT2D eigenvalue weighted by molar-refractivity contribution is -0.149. The molecule has 2 aromatic rings. The van der Waals surface area contributed by atoms with Gasteiger partial charge >= 0.3 is 12.1 Å². The van der Waals surface area contributed by atoms with Crippen LogP contribution in [-0.4, -0.2) is 23.1 Å². The molecule has 0 aliphatic heterocycles. The number of nitrogens with zero attached hydrogens (tertiary/aromatic N) is 1. The molecule has 1 N–H and O–H groups in total. The van der Waals surface area contributed by atoms with E-state index in [1.165, 1.54) is 12.1 Å². The van der Waals surface area contributed by atoms with Crippen molar-refractivity contribution in [1.29, 1.82) is 0 Å². The Morgan fingerprint density at radius 1 is 1.36 bits per heavy atom. The lowest BCUT2D eigenvalue weighted by atomic mass is 10.1. The van der Waals surface area contributed by atoms with E-state index in [2.05, 4.69) is 10.5 Å². The first-order valence-electron chi connectivity index (χ1n) is 8.09. The van der Waals surface area contributed by atoms with Crippen molar-refractivity contribution in [1.82, 2.24) is 5.16 Å². The molecule has 1 amide bonds. The third-order valence-corrected chi connectivity index (χ3v) is 3.84. The van der Waals surface area contributed by atoms with Crippen LogP contribution in [-0.2, 0) is 20.5 Å². The molecule has 1 aromatic carbocycles. The number of amides is 1. The quantitative estimate of drug-likeness (QED) is 0.548. The van der Waals surface area contributed by atoms with Crippen LogP contribution in [0.4, 0.5) is 19.0 Å². The van der Waals surface area contributed by atoms with E-state index < -0.39 is 34.7 Å². The molecule has 28 heavy (non-hydrogen) atoms. The van der Waals surface area contributed by atoms with Crippen LogP contribution in [0.2, 0.25) is 5.02 Å². The van der Waals surface area contributed by atoms with Gasteiger partial charge in [0.1, 0.15) is 5.76 Å². The van der Waals surface area contributed by atoms with Crippen LogP contribution >= 0.6 is 11.6 Å². The van der Waals surface area contributed by atoms with Crippen molar-refractivity contribution in [2.24, 2.45) is 0 Å². The highest BCUT2D eigenvalue weighted by Gasteiger charge is 2.33. The van der Waals surface area contributed by atoms with Crippen LogP contribution < -0.4 is 5.32 Å².